The van der Waals surface area contributed by atoms with Crippen LogP contribution in [-0.4, -0.2) is 30.0 Å². The average Bonchev–Trinajstić information content (AvgIpc) is 2.74. The Morgan fingerprint density at radius 2 is 2.24 bits per heavy atom. The van der Waals surface area contributed by atoms with Crippen molar-refractivity contribution in [3.63, 3.8) is 0 Å². The van der Waals surface area contributed by atoms with E-state index in [4.69, 9.17) is 4.74 Å². The van der Waals surface area contributed by atoms with Crippen molar-refractivity contribution in [2.45, 2.75) is 32.2 Å². The van der Waals surface area contributed by atoms with Gasteiger partial charge in [-0.25, -0.2) is 4.79 Å². The van der Waals surface area contributed by atoms with Gasteiger partial charge >= 0.3 is 5.97 Å². The van der Waals surface area contributed by atoms with E-state index in [0.29, 0.717) is 12.8 Å². The SMILES string of the molecule is CCC=C(OC(=O)C1CCC(=O)N1)C(=O)C=O. The van der Waals surface area contributed by atoms with Crippen molar-refractivity contribution in [1.29, 1.82) is 0 Å². The molecule has 6 heteroatoms. The summed E-state index contributed by atoms with van der Waals surface area (Å²) in [6, 6.07) is -0.734. The van der Waals surface area contributed by atoms with Gasteiger partial charge in [-0.3, -0.25) is 14.4 Å². The normalized spacial score (nSPS) is 19.7. The number of esters is 1. The third kappa shape index (κ3) is 3.51. The lowest BCUT2D eigenvalue weighted by Gasteiger charge is -2.10. The highest BCUT2D eigenvalue weighted by molar-refractivity contribution is 6.32. The Balaban J connectivity index is 2.64. The number of rotatable bonds is 5. The summed E-state index contributed by atoms with van der Waals surface area (Å²) in [6.07, 6.45) is 2.49. The molecular formula is C11H13NO5. The summed E-state index contributed by atoms with van der Waals surface area (Å²) < 4.78 is 4.80. The quantitative estimate of drug-likeness (QED) is 0.237. The Kier molecular flexibility index (Phi) is 4.56. The summed E-state index contributed by atoms with van der Waals surface area (Å²) in [6.45, 7) is 1.74. The molecule has 0 aromatic heterocycles. The fraction of sp³-hybridized carbons (Fsp3) is 0.455. The van der Waals surface area contributed by atoms with Gasteiger partial charge in [-0.05, 0) is 18.9 Å². The maximum absolute atomic E-state index is 11.6. The van der Waals surface area contributed by atoms with E-state index in [9.17, 15) is 19.2 Å². The highest BCUT2D eigenvalue weighted by atomic mass is 16.5. The van der Waals surface area contributed by atoms with Gasteiger partial charge < -0.3 is 10.1 Å². The largest absolute Gasteiger partial charge is 0.421 e. The number of ketones is 1. The molecule has 1 atom stereocenters. The zero-order valence-corrected chi connectivity index (χ0v) is 9.39. The van der Waals surface area contributed by atoms with Gasteiger partial charge in [0, 0.05) is 6.42 Å². The lowest BCUT2D eigenvalue weighted by atomic mass is 10.2. The van der Waals surface area contributed by atoms with E-state index < -0.39 is 17.8 Å². The number of aldehydes is 1. The number of carbonyl (C=O) groups is 4. The topological polar surface area (TPSA) is 89.5 Å². The molecule has 1 unspecified atom stereocenters. The maximum Gasteiger partial charge on any atom is 0.334 e. The summed E-state index contributed by atoms with van der Waals surface area (Å²) in [5, 5.41) is 2.42. The molecule has 1 fully saturated rings. The zero-order valence-electron chi connectivity index (χ0n) is 9.39. The summed E-state index contributed by atoms with van der Waals surface area (Å²) in [5.74, 6) is -2.11. The molecule has 0 spiro atoms. The van der Waals surface area contributed by atoms with E-state index in [1.165, 1.54) is 6.08 Å². The van der Waals surface area contributed by atoms with Crippen molar-refractivity contribution in [3.8, 4) is 0 Å². The molecule has 1 rings (SSSR count). The number of carbonyl (C=O) groups excluding carboxylic acids is 4. The summed E-state index contributed by atoms with van der Waals surface area (Å²) >= 11 is 0. The van der Waals surface area contributed by atoms with Crippen LogP contribution in [0.4, 0.5) is 0 Å². The van der Waals surface area contributed by atoms with E-state index in [2.05, 4.69) is 5.32 Å². The first-order valence-electron chi connectivity index (χ1n) is 5.29. The molecule has 6 nitrogen and oxygen atoms in total. The van der Waals surface area contributed by atoms with Gasteiger partial charge in [-0.2, -0.15) is 0 Å². The highest BCUT2D eigenvalue weighted by Crippen LogP contribution is 2.11. The fourth-order valence-electron chi connectivity index (χ4n) is 1.41. The minimum Gasteiger partial charge on any atom is -0.421 e. The van der Waals surface area contributed by atoms with Crippen LogP contribution in [0.15, 0.2) is 11.8 Å². The first kappa shape index (κ1) is 13.1. The van der Waals surface area contributed by atoms with Gasteiger partial charge in [0.05, 0.1) is 0 Å². The van der Waals surface area contributed by atoms with Crippen LogP contribution in [0.3, 0.4) is 0 Å². The number of hydrogen-bond acceptors (Lipinski definition) is 5. The molecule has 1 saturated heterocycles. The minimum absolute atomic E-state index is 0.0853. The van der Waals surface area contributed by atoms with Crippen molar-refractivity contribution < 1.29 is 23.9 Å². The first-order chi connectivity index (χ1) is 8.08. The Hall–Kier alpha value is -1.98. The fourth-order valence-corrected chi connectivity index (χ4v) is 1.41. The number of ether oxygens (including phenoxy) is 1. The number of amides is 1. The third-order valence-electron chi connectivity index (χ3n) is 2.23. The van der Waals surface area contributed by atoms with Crippen molar-refractivity contribution in [3.05, 3.63) is 11.8 Å². The lowest BCUT2D eigenvalue weighted by Crippen LogP contribution is -2.35. The second kappa shape index (κ2) is 5.93. The van der Waals surface area contributed by atoms with Gasteiger partial charge in [0.1, 0.15) is 6.04 Å². The van der Waals surface area contributed by atoms with Crippen LogP contribution in [0, 0.1) is 0 Å². The van der Waals surface area contributed by atoms with E-state index in [1.54, 1.807) is 6.92 Å². The average molecular weight is 239 g/mol. The summed E-state index contributed by atoms with van der Waals surface area (Å²) in [4.78, 5) is 43.9. The Morgan fingerprint density at radius 1 is 1.53 bits per heavy atom. The molecule has 1 aliphatic rings. The monoisotopic (exact) mass is 239 g/mol. The molecule has 0 saturated carbocycles. The van der Waals surface area contributed by atoms with Crippen molar-refractivity contribution in [1.82, 2.24) is 5.32 Å². The van der Waals surface area contributed by atoms with E-state index in [-0.39, 0.29) is 24.4 Å². The maximum atomic E-state index is 11.6. The zero-order chi connectivity index (χ0) is 12.8. The van der Waals surface area contributed by atoms with Gasteiger partial charge in [0.15, 0.2) is 12.0 Å². The van der Waals surface area contributed by atoms with Gasteiger partial charge in [0.2, 0.25) is 5.91 Å². The predicted molar refractivity (Wildman–Crippen MR) is 56.7 cm³/mol. The molecule has 0 aromatic carbocycles. The summed E-state index contributed by atoms with van der Waals surface area (Å²) in [7, 11) is 0. The smallest absolute Gasteiger partial charge is 0.334 e. The van der Waals surface area contributed by atoms with Gasteiger partial charge in [-0.1, -0.05) is 6.92 Å². The lowest BCUT2D eigenvalue weighted by molar-refractivity contribution is -0.145. The molecule has 1 aliphatic heterocycles. The van der Waals surface area contributed by atoms with E-state index in [1.807, 2.05) is 0 Å². The molecule has 17 heavy (non-hydrogen) atoms. The molecule has 1 heterocycles. The van der Waals surface area contributed by atoms with Crippen molar-refractivity contribution in [2.24, 2.45) is 0 Å². The molecule has 92 valence electrons. The van der Waals surface area contributed by atoms with E-state index >= 15 is 0 Å². The van der Waals surface area contributed by atoms with Gasteiger partial charge in [-0.15, -0.1) is 0 Å². The molecule has 0 aliphatic carbocycles. The van der Waals surface area contributed by atoms with Crippen LogP contribution in [0.2, 0.25) is 0 Å². The number of nitrogens with one attached hydrogen (secondary N) is 1. The Bertz CT molecular complexity index is 385. The van der Waals surface area contributed by atoms with Crippen LogP contribution >= 0.6 is 0 Å². The number of hydrogen-bond donors (Lipinski definition) is 1. The van der Waals surface area contributed by atoms with Crippen LogP contribution in [0.1, 0.15) is 26.2 Å². The van der Waals surface area contributed by atoms with Crippen LogP contribution in [0.25, 0.3) is 0 Å². The Morgan fingerprint density at radius 3 is 2.71 bits per heavy atom. The third-order valence-corrected chi connectivity index (χ3v) is 2.23. The number of allylic oxidation sites excluding steroid dienone is 2. The van der Waals surface area contributed by atoms with Gasteiger partial charge in [0.25, 0.3) is 5.78 Å². The predicted octanol–water partition coefficient (Wildman–Crippen LogP) is -0.130. The molecule has 1 amide bonds. The standard InChI is InChI=1S/C11H13NO5/c1-2-3-9(8(14)6-13)17-11(16)7-4-5-10(15)12-7/h3,6-7H,2,4-5H2,1H3,(H,12,15). The molecular weight excluding hydrogens is 226 g/mol. The second-order valence-corrected chi connectivity index (χ2v) is 3.54. The van der Waals surface area contributed by atoms with Crippen LogP contribution in [-0.2, 0) is 23.9 Å². The second-order valence-electron chi connectivity index (χ2n) is 3.54. The first-order valence-corrected chi connectivity index (χ1v) is 5.29. The Labute approximate surface area is 98.0 Å². The molecule has 0 aromatic rings. The highest BCUT2D eigenvalue weighted by Gasteiger charge is 2.30. The van der Waals surface area contributed by atoms with Crippen LogP contribution < -0.4 is 5.32 Å². The number of Topliss-reactive ketones (excluding diaryl/α,β-unsaturated/α-hetero) is 1. The van der Waals surface area contributed by atoms with Crippen LogP contribution in [0.5, 0.6) is 0 Å². The van der Waals surface area contributed by atoms with E-state index in [0.717, 1.165) is 0 Å². The molecule has 0 radical (unpaired) electrons. The van der Waals surface area contributed by atoms with Crippen molar-refractivity contribution >= 4 is 23.9 Å². The minimum atomic E-state index is -0.885. The van der Waals surface area contributed by atoms with Crippen molar-refractivity contribution in [2.75, 3.05) is 0 Å². The molecule has 1 N–H and O–H groups in total. The summed E-state index contributed by atoms with van der Waals surface area (Å²) in [5.41, 5.74) is 0. The molecule has 0 bridgehead atoms.